The molecule has 0 radical (unpaired) electrons. The molecule has 1 saturated heterocycles. The minimum atomic E-state index is -0.225. The summed E-state index contributed by atoms with van der Waals surface area (Å²) >= 11 is 3.69. The fraction of sp³-hybridized carbons (Fsp3) is 0.588. The van der Waals surface area contributed by atoms with Crippen molar-refractivity contribution in [3.63, 3.8) is 0 Å². The molecule has 1 fully saturated rings. The molecule has 0 saturated carbocycles. The van der Waals surface area contributed by atoms with E-state index in [4.69, 9.17) is 4.74 Å². The Balaban J connectivity index is 1.78. The Bertz CT molecular complexity index is 544. The lowest BCUT2D eigenvalue weighted by Gasteiger charge is -2.21. The van der Waals surface area contributed by atoms with Crippen molar-refractivity contribution >= 4 is 27.5 Å². The Hall–Kier alpha value is -0.870. The summed E-state index contributed by atoms with van der Waals surface area (Å²) in [7, 11) is 0. The molecule has 3 nitrogen and oxygen atoms in total. The lowest BCUT2D eigenvalue weighted by atomic mass is 10.00. The Morgan fingerprint density at radius 3 is 2.95 bits per heavy atom. The van der Waals surface area contributed by atoms with Crippen molar-refractivity contribution in [2.45, 2.75) is 50.0 Å². The van der Waals surface area contributed by atoms with Crippen LogP contribution in [0.25, 0.3) is 0 Å². The number of carbonyl (C=O) groups is 1. The molecule has 1 aromatic carbocycles. The molecule has 2 aliphatic heterocycles. The highest BCUT2D eigenvalue weighted by Gasteiger charge is 2.32. The van der Waals surface area contributed by atoms with Crippen LogP contribution in [0.2, 0.25) is 0 Å². The number of anilines is 1. The maximum atomic E-state index is 12.5. The van der Waals surface area contributed by atoms with E-state index in [1.165, 1.54) is 11.1 Å². The fourth-order valence-electron chi connectivity index (χ4n) is 3.23. The average molecular weight is 352 g/mol. The van der Waals surface area contributed by atoms with Gasteiger partial charge in [0.1, 0.15) is 6.10 Å². The van der Waals surface area contributed by atoms with E-state index in [0.29, 0.717) is 0 Å². The Labute approximate surface area is 134 Å². The summed E-state index contributed by atoms with van der Waals surface area (Å²) in [6, 6.07) is 6.49. The molecule has 2 heterocycles. The molecular weight excluding hydrogens is 330 g/mol. The zero-order valence-electron chi connectivity index (χ0n) is 12.7. The van der Waals surface area contributed by atoms with Gasteiger partial charge in [-0.15, -0.1) is 0 Å². The lowest BCUT2D eigenvalue weighted by Crippen LogP contribution is -2.37. The third-order valence-corrected chi connectivity index (χ3v) is 4.42. The van der Waals surface area contributed by atoms with E-state index >= 15 is 0 Å². The minimum absolute atomic E-state index is 0.104. The van der Waals surface area contributed by atoms with E-state index in [1.54, 1.807) is 0 Å². The van der Waals surface area contributed by atoms with Crippen molar-refractivity contribution in [3.8, 4) is 0 Å². The molecule has 114 valence electrons. The van der Waals surface area contributed by atoms with Crippen molar-refractivity contribution in [3.05, 3.63) is 29.3 Å². The standard InChI is InChI=1S/C17H22BrNO2/c1-17(2,18)11-12-5-6-14-13(10-12)7-8-19(14)16(20)15-4-3-9-21-15/h5-6,10,15H,3-4,7-9,11H2,1-2H3. The van der Waals surface area contributed by atoms with Crippen LogP contribution in [0, 0.1) is 0 Å². The van der Waals surface area contributed by atoms with E-state index in [1.807, 2.05) is 4.90 Å². The molecule has 1 unspecified atom stereocenters. The topological polar surface area (TPSA) is 29.5 Å². The molecular formula is C17H22BrNO2. The molecule has 4 heteroatoms. The molecule has 0 spiro atoms. The van der Waals surface area contributed by atoms with Gasteiger partial charge in [-0.1, -0.05) is 28.1 Å². The number of hydrogen-bond acceptors (Lipinski definition) is 2. The molecule has 0 aliphatic carbocycles. The van der Waals surface area contributed by atoms with Crippen molar-refractivity contribution in [1.29, 1.82) is 0 Å². The smallest absolute Gasteiger partial charge is 0.256 e. The molecule has 3 rings (SSSR count). The van der Waals surface area contributed by atoms with Crippen LogP contribution >= 0.6 is 15.9 Å². The van der Waals surface area contributed by atoms with Crippen LogP contribution in [0.5, 0.6) is 0 Å². The van der Waals surface area contributed by atoms with Gasteiger partial charge in [-0.25, -0.2) is 0 Å². The van der Waals surface area contributed by atoms with E-state index in [9.17, 15) is 4.79 Å². The van der Waals surface area contributed by atoms with Gasteiger partial charge in [-0.05, 0) is 56.7 Å². The van der Waals surface area contributed by atoms with Crippen LogP contribution in [-0.4, -0.2) is 29.5 Å². The predicted octanol–water partition coefficient (Wildman–Crippen LogP) is 3.47. The third-order valence-electron chi connectivity index (χ3n) is 4.14. The minimum Gasteiger partial charge on any atom is -0.368 e. The molecule has 0 N–H and O–H groups in total. The second kappa shape index (κ2) is 5.73. The van der Waals surface area contributed by atoms with Crippen molar-refractivity contribution in [1.82, 2.24) is 0 Å². The number of rotatable bonds is 3. The van der Waals surface area contributed by atoms with Crippen molar-refractivity contribution in [2.75, 3.05) is 18.1 Å². The molecule has 1 aromatic rings. The quantitative estimate of drug-likeness (QED) is 0.780. The van der Waals surface area contributed by atoms with Gasteiger partial charge in [0, 0.05) is 23.2 Å². The number of carbonyl (C=O) groups excluding carboxylic acids is 1. The summed E-state index contributed by atoms with van der Waals surface area (Å²) in [6.45, 7) is 5.85. The van der Waals surface area contributed by atoms with Crippen LogP contribution < -0.4 is 4.90 Å². The van der Waals surface area contributed by atoms with E-state index in [-0.39, 0.29) is 16.3 Å². The normalized spacial score (nSPS) is 21.7. The molecule has 21 heavy (non-hydrogen) atoms. The van der Waals surface area contributed by atoms with Crippen LogP contribution in [0.3, 0.4) is 0 Å². The van der Waals surface area contributed by atoms with Gasteiger partial charge >= 0.3 is 0 Å². The predicted molar refractivity (Wildman–Crippen MR) is 88.2 cm³/mol. The van der Waals surface area contributed by atoms with Gasteiger partial charge in [0.15, 0.2) is 0 Å². The first-order valence-electron chi connectivity index (χ1n) is 7.68. The van der Waals surface area contributed by atoms with E-state index in [0.717, 1.165) is 44.5 Å². The molecule has 1 atom stereocenters. The van der Waals surface area contributed by atoms with Crippen LogP contribution in [-0.2, 0) is 22.4 Å². The number of benzene rings is 1. The molecule has 0 aromatic heterocycles. The average Bonchev–Trinajstić information content (AvgIpc) is 3.05. The summed E-state index contributed by atoms with van der Waals surface area (Å²) < 4.78 is 5.64. The Morgan fingerprint density at radius 2 is 2.29 bits per heavy atom. The first-order chi connectivity index (χ1) is 9.94. The van der Waals surface area contributed by atoms with Crippen molar-refractivity contribution < 1.29 is 9.53 Å². The number of alkyl halides is 1. The second-order valence-corrected chi connectivity index (χ2v) is 8.75. The highest BCUT2D eigenvalue weighted by Crippen LogP contribution is 2.32. The Kier molecular flexibility index (Phi) is 4.10. The summed E-state index contributed by atoms with van der Waals surface area (Å²) in [5.41, 5.74) is 3.68. The largest absolute Gasteiger partial charge is 0.368 e. The highest BCUT2D eigenvalue weighted by atomic mass is 79.9. The van der Waals surface area contributed by atoms with Crippen molar-refractivity contribution in [2.24, 2.45) is 0 Å². The summed E-state index contributed by atoms with van der Waals surface area (Å²) in [5, 5.41) is 0. The number of nitrogens with zero attached hydrogens (tertiary/aromatic N) is 1. The first kappa shape index (κ1) is 15.0. The number of fused-ring (bicyclic) bond motifs is 1. The maximum absolute atomic E-state index is 12.5. The summed E-state index contributed by atoms with van der Waals surface area (Å²) in [4.78, 5) is 14.4. The zero-order chi connectivity index (χ0) is 15.0. The van der Waals surface area contributed by atoms with Gasteiger partial charge in [0.05, 0.1) is 0 Å². The lowest BCUT2D eigenvalue weighted by molar-refractivity contribution is -0.127. The molecule has 0 bridgehead atoms. The van der Waals surface area contributed by atoms with Gasteiger partial charge in [-0.3, -0.25) is 4.79 Å². The monoisotopic (exact) mass is 351 g/mol. The fourth-order valence-corrected chi connectivity index (χ4v) is 3.55. The second-order valence-electron chi connectivity index (χ2n) is 6.60. The van der Waals surface area contributed by atoms with E-state index in [2.05, 4.69) is 48.0 Å². The van der Waals surface area contributed by atoms with Gasteiger partial charge in [0.25, 0.3) is 5.91 Å². The Morgan fingerprint density at radius 1 is 1.48 bits per heavy atom. The summed E-state index contributed by atoms with van der Waals surface area (Å²) in [6.07, 6.45) is 3.57. The number of amides is 1. The van der Waals surface area contributed by atoms with Crippen LogP contribution in [0.15, 0.2) is 18.2 Å². The van der Waals surface area contributed by atoms with Gasteiger partial charge in [-0.2, -0.15) is 0 Å². The van der Waals surface area contributed by atoms with Crippen LogP contribution in [0.4, 0.5) is 5.69 Å². The first-order valence-corrected chi connectivity index (χ1v) is 8.47. The molecule has 2 aliphatic rings. The number of ether oxygens (including phenoxy) is 1. The highest BCUT2D eigenvalue weighted by molar-refractivity contribution is 9.10. The zero-order valence-corrected chi connectivity index (χ0v) is 14.3. The SMILES string of the molecule is CC(C)(Br)Cc1ccc2c(c1)CCN2C(=O)C1CCCO1. The number of halogens is 1. The van der Waals surface area contributed by atoms with E-state index < -0.39 is 0 Å². The molecule has 1 amide bonds. The maximum Gasteiger partial charge on any atom is 0.256 e. The van der Waals surface area contributed by atoms with Gasteiger partial charge in [0.2, 0.25) is 0 Å². The summed E-state index contributed by atoms with van der Waals surface area (Å²) in [5.74, 6) is 0.139. The number of hydrogen-bond donors (Lipinski definition) is 0. The van der Waals surface area contributed by atoms with Gasteiger partial charge < -0.3 is 9.64 Å². The third kappa shape index (κ3) is 3.32. The van der Waals surface area contributed by atoms with Crippen LogP contribution in [0.1, 0.15) is 37.8 Å².